The number of carbonyl (C=O) groups excluding carboxylic acids is 1. The van der Waals surface area contributed by atoms with Crippen LogP contribution in [0.25, 0.3) is 11.4 Å². The molecule has 0 radical (unpaired) electrons. The van der Waals surface area contributed by atoms with Gasteiger partial charge < -0.3 is 4.90 Å². The average molecular weight is 340 g/mol. The van der Waals surface area contributed by atoms with Crippen molar-refractivity contribution >= 4 is 23.2 Å². The minimum atomic E-state index is -0.0417. The molecule has 1 aliphatic heterocycles. The molecule has 2 heterocycles. The lowest BCUT2D eigenvalue weighted by Crippen LogP contribution is -2.32. The van der Waals surface area contributed by atoms with Crippen LogP contribution in [-0.4, -0.2) is 32.7 Å². The van der Waals surface area contributed by atoms with Gasteiger partial charge in [-0.2, -0.15) is 4.80 Å². The Hall–Kier alpha value is -2.73. The molecule has 1 aromatic heterocycles. The van der Waals surface area contributed by atoms with Crippen molar-refractivity contribution < 1.29 is 4.79 Å². The molecular formula is C17H14ClN5O. The Kier molecular flexibility index (Phi) is 3.74. The first-order chi connectivity index (χ1) is 11.7. The number of halogens is 1. The highest BCUT2D eigenvalue weighted by atomic mass is 35.5. The fraction of sp³-hybridized carbons (Fsp3) is 0.176. The third-order valence-electron chi connectivity index (χ3n) is 4.02. The summed E-state index contributed by atoms with van der Waals surface area (Å²) in [5.41, 5.74) is 2.98. The van der Waals surface area contributed by atoms with Crippen LogP contribution in [-0.2, 0) is 17.8 Å². The van der Waals surface area contributed by atoms with E-state index in [9.17, 15) is 4.79 Å². The summed E-state index contributed by atoms with van der Waals surface area (Å²) in [5, 5.41) is 12.9. The van der Waals surface area contributed by atoms with Gasteiger partial charge >= 0.3 is 0 Å². The quantitative estimate of drug-likeness (QED) is 0.735. The van der Waals surface area contributed by atoms with E-state index in [2.05, 4.69) is 21.5 Å². The first-order valence-electron chi connectivity index (χ1n) is 7.63. The number of fused-ring (bicyclic) bond motifs is 1. The van der Waals surface area contributed by atoms with E-state index in [1.54, 1.807) is 17.0 Å². The number of rotatable bonds is 3. The molecule has 0 bridgehead atoms. The van der Waals surface area contributed by atoms with Gasteiger partial charge in [0.15, 0.2) is 0 Å². The number of hydrogen-bond donors (Lipinski definition) is 0. The normalized spacial score (nSPS) is 13.1. The third kappa shape index (κ3) is 2.76. The molecule has 0 spiro atoms. The molecule has 3 aromatic rings. The monoisotopic (exact) mass is 339 g/mol. The zero-order chi connectivity index (χ0) is 16.5. The van der Waals surface area contributed by atoms with E-state index >= 15 is 0 Å². The summed E-state index contributed by atoms with van der Waals surface area (Å²) in [6.45, 7) is 0.756. The summed E-state index contributed by atoms with van der Waals surface area (Å²) in [5.74, 6) is 0.432. The molecule has 7 heteroatoms. The minimum absolute atomic E-state index is 0.0417. The number of nitrogens with zero attached hydrogens (tertiary/aromatic N) is 5. The highest BCUT2D eigenvalue weighted by molar-refractivity contribution is 6.30. The number of para-hydroxylation sites is 1. The van der Waals surface area contributed by atoms with Gasteiger partial charge in [0.25, 0.3) is 5.91 Å². The zero-order valence-corrected chi connectivity index (χ0v) is 13.5. The highest BCUT2D eigenvalue weighted by Gasteiger charge is 2.24. The number of benzene rings is 2. The van der Waals surface area contributed by atoms with E-state index in [1.807, 2.05) is 30.3 Å². The van der Waals surface area contributed by atoms with Crippen LogP contribution < -0.4 is 4.90 Å². The molecule has 0 N–H and O–H groups in total. The van der Waals surface area contributed by atoms with E-state index in [1.165, 1.54) is 10.4 Å². The van der Waals surface area contributed by atoms with Gasteiger partial charge in [-0.15, -0.1) is 10.2 Å². The van der Waals surface area contributed by atoms with E-state index in [4.69, 9.17) is 11.6 Å². The number of tetrazole rings is 1. The SMILES string of the molecule is O=C(Cn1nnc(-c2ccc(Cl)cc2)n1)N1CCc2ccccc21. The molecule has 1 aliphatic rings. The summed E-state index contributed by atoms with van der Waals surface area (Å²) < 4.78 is 0. The molecule has 0 saturated carbocycles. The first-order valence-corrected chi connectivity index (χ1v) is 8.00. The van der Waals surface area contributed by atoms with Crippen molar-refractivity contribution in [2.45, 2.75) is 13.0 Å². The molecule has 0 fully saturated rings. The van der Waals surface area contributed by atoms with Crippen LogP contribution >= 0.6 is 11.6 Å². The fourth-order valence-corrected chi connectivity index (χ4v) is 2.95. The lowest BCUT2D eigenvalue weighted by Gasteiger charge is -2.16. The van der Waals surface area contributed by atoms with Crippen LogP contribution in [0.15, 0.2) is 48.5 Å². The average Bonchev–Trinajstić information content (AvgIpc) is 3.22. The lowest BCUT2D eigenvalue weighted by atomic mass is 10.2. The summed E-state index contributed by atoms with van der Waals surface area (Å²) in [6.07, 6.45) is 0.878. The number of hydrogen-bond acceptors (Lipinski definition) is 4. The molecule has 1 amide bonds. The first kappa shape index (κ1) is 14.8. The molecular weight excluding hydrogens is 326 g/mol. The van der Waals surface area contributed by atoms with Crippen LogP contribution in [0.1, 0.15) is 5.56 Å². The molecule has 0 saturated heterocycles. The third-order valence-corrected chi connectivity index (χ3v) is 4.27. The lowest BCUT2D eigenvalue weighted by molar-refractivity contribution is -0.119. The largest absolute Gasteiger partial charge is 0.310 e. The van der Waals surface area contributed by atoms with Crippen molar-refractivity contribution in [1.82, 2.24) is 20.2 Å². The standard InChI is InChI=1S/C17H14ClN5O/c18-14-7-5-13(6-8-14)17-19-21-23(20-17)11-16(24)22-10-9-12-3-1-2-4-15(12)22/h1-8H,9-11H2. The molecule has 6 nitrogen and oxygen atoms in total. The topological polar surface area (TPSA) is 63.9 Å². The number of anilines is 1. The summed E-state index contributed by atoms with van der Waals surface area (Å²) >= 11 is 5.88. The van der Waals surface area contributed by atoms with E-state index < -0.39 is 0 Å². The maximum Gasteiger partial charge on any atom is 0.250 e. The maximum atomic E-state index is 12.5. The molecule has 24 heavy (non-hydrogen) atoms. The van der Waals surface area contributed by atoms with Gasteiger partial charge in [0.1, 0.15) is 6.54 Å². The van der Waals surface area contributed by atoms with E-state index in [0.717, 1.165) is 17.7 Å². The van der Waals surface area contributed by atoms with Crippen molar-refractivity contribution in [3.63, 3.8) is 0 Å². The van der Waals surface area contributed by atoms with Crippen LogP contribution in [0.4, 0.5) is 5.69 Å². The predicted molar refractivity (Wildman–Crippen MR) is 90.8 cm³/mol. The maximum absolute atomic E-state index is 12.5. The van der Waals surface area contributed by atoms with Crippen molar-refractivity contribution in [1.29, 1.82) is 0 Å². The van der Waals surface area contributed by atoms with Gasteiger partial charge in [-0.1, -0.05) is 29.8 Å². The minimum Gasteiger partial charge on any atom is -0.310 e. The van der Waals surface area contributed by atoms with E-state index in [-0.39, 0.29) is 12.5 Å². The number of amides is 1. The van der Waals surface area contributed by atoms with Crippen molar-refractivity contribution in [2.24, 2.45) is 0 Å². The Labute approximate surface area is 143 Å². The molecule has 2 aromatic carbocycles. The van der Waals surface area contributed by atoms with Gasteiger partial charge in [0.05, 0.1) is 0 Å². The summed E-state index contributed by atoms with van der Waals surface area (Å²) in [7, 11) is 0. The summed E-state index contributed by atoms with van der Waals surface area (Å²) in [6, 6.07) is 15.1. The Morgan fingerprint density at radius 3 is 2.75 bits per heavy atom. The molecule has 120 valence electrons. The summed E-state index contributed by atoms with van der Waals surface area (Å²) in [4.78, 5) is 15.7. The van der Waals surface area contributed by atoms with Gasteiger partial charge in [0.2, 0.25) is 5.82 Å². The molecule has 0 unspecified atom stereocenters. The Balaban J connectivity index is 1.50. The van der Waals surface area contributed by atoms with Gasteiger partial charge in [0, 0.05) is 22.8 Å². The molecule has 0 aliphatic carbocycles. The Morgan fingerprint density at radius 2 is 1.92 bits per heavy atom. The second-order valence-electron chi connectivity index (χ2n) is 5.57. The van der Waals surface area contributed by atoms with Crippen molar-refractivity contribution in [3.8, 4) is 11.4 Å². The van der Waals surface area contributed by atoms with E-state index in [0.29, 0.717) is 17.4 Å². The van der Waals surface area contributed by atoms with Crippen LogP contribution in [0.3, 0.4) is 0 Å². The predicted octanol–water partition coefficient (Wildman–Crippen LogP) is 2.58. The second-order valence-corrected chi connectivity index (χ2v) is 6.01. The smallest absolute Gasteiger partial charge is 0.250 e. The Morgan fingerprint density at radius 1 is 1.12 bits per heavy atom. The van der Waals surface area contributed by atoms with Crippen LogP contribution in [0.5, 0.6) is 0 Å². The van der Waals surface area contributed by atoms with Crippen molar-refractivity contribution in [2.75, 3.05) is 11.4 Å². The van der Waals surface area contributed by atoms with Gasteiger partial charge in [-0.3, -0.25) is 4.79 Å². The van der Waals surface area contributed by atoms with Crippen molar-refractivity contribution in [3.05, 3.63) is 59.1 Å². The van der Waals surface area contributed by atoms with Gasteiger partial charge in [-0.05, 0) is 47.5 Å². The highest BCUT2D eigenvalue weighted by Crippen LogP contribution is 2.27. The Bertz CT molecular complexity index is 890. The van der Waals surface area contributed by atoms with Crippen LogP contribution in [0.2, 0.25) is 5.02 Å². The molecule has 0 atom stereocenters. The molecule has 4 rings (SSSR count). The zero-order valence-electron chi connectivity index (χ0n) is 12.8. The fourth-order valence-electron chi connectivity index (χ4n) is 2.83. The number of carbonyl (C=O) groups is 1. The second kappa shape index (κ2) is 6.05. The van der Waals surface area contributed by atoms with Gasteiger partial charge in [-0.25, -0.2) is 0 Å². The number of aromatic nitrogens is 4. The van der Waals surface area contributed by atoms with Crippen LogP contribution in [0, 0.1) is 0 Å².